The molecule has 0 heterocycles. The van der Waals surface area contributed by atoms with Crippen molar-refractivity contribution < 1.29 is 23.9 Å². The molecule has 1 atom stereocenters. The molecule has 0 aliphatic heterocycles. The lowest BCUT2D eigenvalue weighted by atomic mass is 10.1. The molecule has 0 aliphatic carbocycles. The van der Waals surface area contributed by atoms with E-state index < -0.39 is 23.8 Å². The zero-order chi connectivity index (χ0) is 11.1. The number of ether oxygens (including phenoxy) is 2. The number of Topliss-reactive ketones (excluding diaryl/α,β-unsaturated/α-hetero) is 1. The number of hydrogen-bond acceptors (Lipinski definition) is 6. The summed E-state index contributed by atoms with van der Waals surface area (Å²) in [5.41, 5.74) is 5.22. The second-order valence-electron chi connectivity index (χ2n) is 2.54. The van der Waals surface area contributed by atoms with Gasteiger partial charge >= 0.3 is 11.9 Å². The van der Waals surface area contributed by atoms with E-state index in [4.69, 9.17) is 5.73 Å². The molecule has 0 aromatic rings. The number of rotatable bonds is 5. The van der Waals surface area contributed by atoms with E-state index in [2.05, 4.69) is 9.47 Å². The van der Waals surface area contributed by atoms with Crippen LogP contribution >= 0.6 is 12.4 Å². The molecule has 88 valence electrons. The molecule has 7 heteroatoms. The predicted octanol–water partition coefficient (Wildman–Crippen LogP) is -0.569. The molecular weight excluding hydrogens is 226 g/mol. The van der Waals surface area contributed by atoms with E-state index in [1.807, 2.05) is 0 Å². The van der Waals surface area contributed by atoms with Crippen LogP contribution < -0.4 is 5.73 Å². The summed E-state index contributed by atoms with van der Waals surface area (Å²) in [6, 6.07) is -1.32. The Bertz CT molecular complexity index is 243. The fourth-order valence-corrected chi connectivity index (χ4v) is 0.741. The van der Waals surface area contributed by atoms with Gasteiger partial charge in [-0.1, -0.05) is 0 Å². The highest BCUT2D eigenvalue weighted by molar-refractivity contribution is 6.03. The van der Waals surface area contributed by atoms with Gasteiger partial charge in [0.15, 0.2) is 11.8 Å². The third-order valence-electron chi connectivity index (χ3n) is 1.61. The number of nitrogens with two attached hydrogens (primary N) is 1. The Morgan fingerprint density at radius 2 is 1.67 bits per heavy atom. The van der Waals surface area contributed by atoms with Crippen LogP contribution in [0.25, 0.3) is 0 Å². The van der Waals surface area contributed by atoms with Crippen molar-refractivity contribution >= 4 is 30.1 Å². The molecule has 15 heavy (non-hydrogen) atoms. The SMILES string of the molecule is COC(=O)CCC(=O)C(N)C(=O)OC.Cl. The third kappa shape index (κ3) is 6.03. The average molecular weight is 240 g/mol. The maximum atomic E-state index is 11.1. The molecule has 6 nitrogen and oxygen atoms in total. The number of carbonyl (C=O) groups excluding carboxylic acids is 3. The van der Waals surface area contributed by atoms with Crippen LogP contribution in [0.1, 0.15) is 12.8 Å². The topological polar surface area (TPSA) is 95.7 Å². The van der Waals surface area contributed by atoms with E-state index in [9.17, 15) is 14.4 Å². The van der Waals surface area contributed by atoms with Gasteiger partial charge in [0.2, 0.25) is 0 Å². The Kier molecular flexibility index (Phi) is 8.90. The predicted molar refractivity (Wildman–Crippen MR) is 53.5 cm³/mol. The van der Waals surface area contributed by atoms with Gasteiger partial charge in [0.05, 0.1) is 20.6 Å². The molecule has 0 radical (unpaired) electrons. The number of hydrogen-bond donors (Lipinski definition) is 1. The Balaban J connectivity index is 0. The van der Waals surface area contributed by atoms with Crippen molar-refractivity contribution in [2.45, 2.75) is 18.9 Å². The fourth-order valence-electron chi connectivity index (χ4n) is 0.741. The quantitative estimate of drug-likeness (QED) is 0.510. The van der Waals surface area contributed by atoms with Gasteiger partial charge in [-0.05, 0) is 0 Å². The third-order valence-corrected chi connectivity index (χ3v) is 1.61. The van der Waals surface area contributed by atoms with E-state index in [1.165, 1.54) is 7.11 Å². The van der Waals surface area contributed by atoms with Gasteiger partial charge < -0.3 is 15.2 Å². The van der Waals surface area contributed by atoms with Crippen molar-refractivity contribution in [1.29, 1.82) is 0 Å². The van der Waals surface area contributed by atoms with Gasteiger partial charge in [0, 0.05) is 6.42 Å². The van der Waals surface area contributed by atoms with Gasteiger partial charge in [-0.25, -0.2) is 4.79 Å². The molecule has 0 aromatic carbocycles. The first kappa shape index (κ1) is 16.3. The molecule has 0 fully saturated rings. The molecule has 0 amide bonds. The highest BCUT2D eigenvalue weighted by Crippen LogP contribution is 1.97. The van der Waals surface area contributed by atoms with Crippen molar-refractivity contribution in [3.05, 3.63) is 0 Å². The van der Waals surface area contributed by atoms with Crippen molar-refractivity contribution in [3.8, 4) is 0 Å². The van der Waals surface area contributed by atoms with Crippen LogP contribution in [0.2, 0.25) is 0 Å². The first-order chi connectivity index (χ1) is 6.52. The molecule has 0 saturated carbocycles. The minimum atomic E-state index is -1.32. The largest absolute Gasteiger partial charge is 0.469 e. The normalized spacial score (nSPS) is 10.9. The lowest BCUT2D eigenvalue weighted by molar-refractivity contribution is -0.147. The van der Waals surface area contributed by atoms with E-state index in [0.717, 1.165) is 7.11 Å². The minimum absolute atomic E-state index is 0. The second-order valence-corrected chi connectivity index (χ2v) is 2.54. The monoisotopic (exact) mass is 239 g/mol. The number of carbonyl (C=O) groups is 3. The lowest BCUT2D eigenvalue weighted by Gasteiger charge is -2.06. The molecular formula is C8H14ClNO5. The molecule has 2 N–H and O–H groups in total. The van der Waals surface area contributed by atoms with Crippen molar-refractivity contribution in [3.63, 3.8) is 0 Å². The van der Waals surface area contributed by atoms with E-state index in [0.29, 0.717) is 0 Å². The standard InChI is InChI=1S/C8H13NO5.ClH/c1-13-6(11)4-3-5(10)7(9)8(12)14-2;/h7H,3-4,9H2,1-2H3;1H. The molecule has 1 unspecified atom stereocenters. The fraction of sp³-hybridized carbons (Fsp3) is 0.625. The summed E-state index contributed by atoms with van der Waals surface area (Å²) in [6.07, 6.45) is -0.205. The van der Waals surface area contributed by atoms with Gasteiger partial charge in [-0.3, -0.25) is 9.59 Å². The number of ketones is 1. The van der Waals surface area contributed by atoms with Gasteiger partial charge in [-0.15, -0.1) is 12.4 Å². The lowest BCUT2D eigenvalue weighted by Crippen LogP contribution is -2.39. The number of halogens is 1. The van der Waals surface area contributed by atoms with Crippen LogP contribution in [0.15, 0.2) is 0 Å². The molecule has 0 bridgehead atoms. The smallest absolute Gasteiger partial charge is 0.330 e. The summed E-state index contributed by atoms with van der Waals surface area (Å²) in [5, 5.41) is 0. The van der Waals surface area contributed by atoms with Gasteiger partial charge in [0.1, 0.15) is 0 Å². The summed E-state index contributed by atoms with van der Waals surface area (Å²) < 4.78 is 8.58. The van der Waals surface area contributed by atoms with Crippen LogP contribution in [0.5, 0.6) is 0 Å². The molecule has 0 spiro atoms. The van der Waals surface area contributed by atoms with E-state index in [1.54, 1.807) is 0 Å². The van der Waals surface area contributed by atoms with Crippen LogP contribution in [0.3, 0.4) is 0 Å². The Morgan fingerprint density at radius 1 is 1.13 bits per heavy atom. The summed E-state index contributed by atoms with van der Waals surface area (Å²) >= 11 is 0. The summed E-state index contributed by atoms with van der Waals surface area (Å²) in [4.78, 5) is 32.6. The van der Waals surface area contributed by atoms with E-state index in [-0.39, 0.29) is 25.2 Å². The minimum Gasteiger partial charge on any atom is -0.469 e. The summed E-state index contributed by atoms with van der Waals surface area (Å²) in [5.74, 6) is -1.86. The Morgan fingerprint density at radius 3 is 2.07 bits per heavy atom. The van der Waals surface area contributed by atoms with Crippen molar-refractivity contribution in [2.24, 2.45) is 5.73 Å². The summed E-state index contributed by atoms with van der Waals surface area (Å²) in [7, 11) is 2.35. The number of esters is 2. The summed E-state index contributed by atoms with van der Waals surface area (Å²) in [6.45, 7) is 0. The van der Waals surface area contributed by atoms with Crippen molar-refractivity contribution in [2.75, 3.05) is 14.2 Å². The Hall–Kier alpha value is -1.14. The number of methoxy groups -OCH3 is 2. The van der Waals surface area contributed by atoms with Crippen LogP contribution in [0.4, 0.5) is 0 Å². The van der Waals surface area contributed by atoms with Crippen molar-refractivity contribution in [1.82, 2.24) is 0 Å². The highest BCUT2D eigenvalue weighted by Gasteiger charge is 2.22. The van der Waals surface area contributed by atoms with Crippen LogP contribution in [-0.4, -0.2) is 38.0 Å². The molecule has 0 aliphatic rings. The molecule has 0 rings (SSSR count). The average Bonchev–Trinajstić information content (AvgIpc) is 2.22. The maximum absolute atomic E-state index is 11.1. The van der Waals surface area contributed by atoms with Gasteiger partial charge in [0.25, 0.3) is 0 Å². The maximum Gasteiger partial charge on any atom is 0.330 e. The van der Waals surface area contributed by atoms with Gasteiger partial charge in [-0.2, -0.15) is 0 Å². The van der Waals surface area contributed by atoms with Crippen LogP contribution in [-0.2, 0) is 23.9 Å². The zero-order valence-electron chi connectivity index (χ0n) is 8.52. The van der Waals surface area contributed by atoms with E-state index >= 15 is 0 Å². The molecule has 0 saturated heterocycles. The molecule has 0 aromatic heterocycles. The Labute approximate surface area is 93.5 Å². The highest BCUT2D eigenvalue weighted by atomic mass is 35.5. The zero-order valence-corrected chi connectivity index (χ0v) is 9.33. The van der Waals surface area contributed by atoms with Crippen LogP contribution in [0, 0.1) is 0 Å². The second kappa shape index (κ2) is 8.19. The first-order valence-corrected chi connectivity index (χ1v) is 3.95. The first-order valence-electron chi connectivity index (χ1n) is 3.95.